The number of fused-ring (bicyclic) bond motifs is 1. The number of aromatic hydroxyl groups is 1. The summed E-state index contributed by atoms with van der Waals surface area (Å²) in [5, 5.41) is 20.8. The van der Waals surface area contributed by atoms with Crippen LogP contribution in [-0.4, -0.2) is 22.2 Å². The number of hydrogen-bond acceptors (Lipinski definition) is 3. The second-order valence-electron chi connectivity index (χ2n) is 4.08. The maximum absolute atomic E-state index is 10.8. The number of phenolic OH excluding ortho intramolecular Hbond substituents is 1. The third-order valence-electron chi connectivity index (χ3n) is 2.81. The highest BCUT2D eigenvalue weighted by Crippen LogP contribution is 2.29. The molecule has 0 spiro atoms. The molecule has 2 aromatic rings. The Morgan fingerprint density at radius 3 is 2.72 bits per heavy atom. The molecule has 0 aliphatic rings. The Balaban J connectivity index is 2.54. The van der Waals surface area contributed by atoms with Gasteiger partial charge in [-0.15, -0.1) is 0 Å². The van der Waals surface area contributed by atoms with E-state index in [1.165, 1.54) is 6.07 Å². The standard InChI is InChI=1S/C13H12ClNO3/c14-8-2-3-9-7(5-8)1-4-12(16)10(9)6-11(15)13(17)18/h1-5,11,16H,6,15H2,(H,17,18). The van der Waals surface area contributed by atoms with Gasteiger partial charge in [0.25, 0.3) is 0 Å². The molecule has 18 heavy (non-hydrogen) atoms. The van der Waals surface area contributed by atoms with Crippen molar-refractivity contribution >= 4 is 28.3 Å². The number of rotatable bonds is 3. The molecule has 94 valence electrons. The van der Waals surface area contributed by atoms with E-state index < -0.39 is 12.0 Å². The largest absolute Gasteiger partial charge is 0.508 e. The number of hydrogen-bond donors (Lipinski definition) is 3. The van der Waals surface area contributed by atoms with Crippen LogP contribution in [0.15, 0.2) is 30.3 Å². The van der Waals surface area contributed by atoms with Crippen LogP contribution < -0.4 is 5.73 Å². The van der Waals surface area contributed by atoms with Crippen LogP contribution in [0.4, 0.5) is 0 Å². The molecule has 0 radical (unpaired) electrons. The molecule has 0 saturated heterocycles. The monoisotopic (exact) mass is 265 g/mol. The number of carboxylic acid groups (broad SMARTS) is 1. The Hall–Kier alpha value is -1.78. The van der Waals surface area contributed by atoms with Gasteiger partial charge in [0.15, 0.2) is 0 Å². The zero-order valence-corrected chi connectivity index (χ0v) is 10.2. The summed E-state index contributed by atoms with van der Waals surface area (Å²) < 4.78 is 0. The molecule has 0 amide bonds. The highest BCUT2D eigenvalue weighted by atomic mass is 35.5. The Morgan fingerprint density at radius 2 is 2.06 bits per heavy atom. The van der Waals surface area contributed by atoms with Crippen LogP contribution in [0.25, 0.3) is 10.8 Å². The Bertz CT molecular complexity index is 612. The lowest BCUT2D eigenvalue weighted by Crippen LogP contribution is -2.32. The van der Waals surface area contributed by atoms with Crippen molar-refractivity contribution < 1.29 is 15.0 Å². The van der Waals surface area contributed by atoms with Crippen molar-refractivity contribution in [3.63, 3.8) is 0 Å². The summed E-state index contributed by atoms with van der Waals surface area (Å²) in [5.41, 5.74) is 6.03. The van der Waals surface area contributed by atoms with E-state index in [-0.39, 0.29) is 12.2 Å². The van der Waals surface area contributed by atoms with Crippen molar-refractivity contribution in [1.82, 2.24) is 0 Å². The van der Waals surface area contributed by atoms with Crippen LogP contribution in [0.2, 0.25) is 5.02 Å². The Morgan fingerprint density at radius 1 is 1.33 bits per heavy atom. The van der Waals surface area contributed by atoms with Crippen LogP contribution in [-0.2, 0) is 11.2 Å². The van der Waals surface area contributed by atoms with Crippen molar-refractivity contribution in [2.24, 2.45) is 5.73 Å². The number of halogens is 1. The number of benzene rings is 2. The molecular formula is C13H12ClNO3. The van der Waals surface area contributed by atoms with Crippen LogP contribution >= 0.6 is 11.6 Å². The lowest BCUT2D eigenvalue weighted by atomic mass is 9.98. The fourth-order valence-corrected chi connectivity index (χ4v) is 2.06. The van der Waals surface area contributed by atoms with Gasteiger partial charge in [0, 0.05) is 17.0 Å². The van der Waals surface area contributed by atoms with Crippen molar-refractivity contribution in [3.05, 3.63) is 40.9 Å². The van der Waals surface area contributed by atoms with Gasteiger partial charge in [-0.2, -0.15) is 0 Å². The number of phenols is 1. The van der Waals surface area contributed by atoms with E-state index in [2.05, 4.69) is 0 Å². The van der Waals surface area contributed by atoms with E-state index in [4.69, 9.17) is 22.4 Å². The maximum atomic E-state index is 10.8. The molecule has 0 fully saturated rings. The van der Waals surface area contributed by atoms with Gasteiger partial charge in [-0.1, -0.05) is 23.7 Å². The highest BCUT2D eigenvalue weighted by Gasteiger charge is 2.16. The lowest BCUT2D eigenvalue weighted by Gasteiger charge is -2.12. The van der Waals surface area contributed by atoms with Gasteiger partial charge in [0.1, 0.15) is 11.8 Å². The summed E-state index contributed by atoms with van der Waals surface area (Å²) in [5.74, 6) is -1.05. The van der Waals surface area contributed by atoms with Crippen molar-refractivity contribution in [2.75, 3.05) is 0 Å². The summed E-state index contributed by atoms with van der Waals surface area (Å²) >= 11 is 5.89. The zero-order chi connectivity index (χ0) is 13.3. The molecule has 1 unspecified atom stereocenters. The second-order valence-corrected chi connectivity index (χ2v) is 4.51. The van der Waals surface area contributed by atoms with Gasteiger partial charge in [-0.05, 0) is 29.0 Å². The van der Waals surface area contributed by atoms with E-state index in [1.54, 1.807) is 24.3 Å². The molecule has 4 N–H and O–H groups in total. The molecule has 0 aliphatic heterocycles. The van der Waals surface area contributed by atoms with Crippen LogP contribution in [0.1, 0.15) is 5.56 Å². The summed E-state index contributed by atoms with van der Waals surface area (Å²) in [6.07, 6.45) is 0.0696. The van der Waals surface area contributed by atoms with Crippen molar-refractivity contribution in [1.29, 1.82) is 0 Å². The molecule has 2 aromatic carbocycles. The molecule has 0 bridgehead atoms. The normalized spacial score (nSPS) is 12.6. The summed E-state index contributed by atoms with van der Waals surface area (Å²) in [6.45, 7) is 0. The van der Waals surface area contributed by atoms with Gasteiger partial charge in [-0.3, -0.25) is 4.79 Å². The van der Waals surface area contributed by atoms with E-state index >= 15 is 0 Å². The van der Waals surface area contributed by atoms with E-state index in [0.29, 0.717) is 10.6 Å². The molecular weight excluding hydrogens is 254 g/mol. The maximum Gasteiger partial charge on any atom is 0.320 e. The Kier molecular flexibility index (Phi) is 3.41. The zero-order valence-electron chi connectivity index (χ0n) is 9.43. The van der Waals surface area contributed by atoms with Crippen LogP contribution in [0.3, 0.4) is 0 Å². The van der Waals surface area contributed by atoms with Crippen molar-refractivity contribution in [3.8, 4) is 5.75 Å². The van der Waals surface area contributed by atoms with E-state index in [1.807, 2.05) is 0 Å². The third-order valence-corrected chi connectivity index (χ3v) is 3.05. The molecule has 2 rings (SSSR count). The first-order chi connectivity index (χ1) is 8.49. The molecule has 1 atom stereocenters. The Labute approximate surface area is 109 Å². The van der Waals surface area contributed by atoms with Crippen LogP contribution in [0, 0.1) is 0 Å². The third kappa shape index (κ3) is 2.39. The number of aliphatic carboxylic acids is 1. The topological polar surface area (TPSA) is 83.5 Å². The summed E-state index contributed by atoms with van der Waals surface area (Å²) in [4.78, 5) is 10.8. The quantitative estimate of drug-likeness (QED) is 0.794. The lowest BCUT2D eigenvalue weighted by molar-refractivity contribution is -0.138. The fraction of sp³-hybridized carbons (Fsp3) is 0.154. The van der Waals surface area contributed by atoms with Gasteiger partial charge in [-0.25, -0.2) is 0 Å². The number of carboxylic acids is 1. The SMILES string of the molecule is NC(Cc1c(O)ccc2cc(Cl)ccc12)C(=O)O. The highest BCUT2D eigenvalue weighted by molar-refractivity contribution is 6.31. The molecule has 0 aromatic heterocycles. The predicted octanol–water partition coefficient (Wildman–Crippen LogP) is 2.15. The van der Waals surface area contributed by atoms with Crippen molar-refractivity contribution in [2.45, 2.75) is 12.5 Å². The molecule has 4 nitrogen and oxygen atoms in total. The minimum atomic E-state index is -1.10. The molecule has 0 aliphatic carbocycles. The molecule has 0 heterocycles. The summed E-state index contributed by atoms with van der Waals surface area (Å²) in [6, 6.07) is 7.40. The second kappa shape index (κ2) is 4.84. The summed E-state index contributed by atoms with van der Waals surface area (Å²) in [7, 11) is 0. The van der Waals surface area contributed by atoms with Gasteiger partial charge in [0.2, 0.25) is 0 Å². The molecule has 0 saturated carbocycles. The van der Waals surface area contributed by atoms with Gasteiger partial charge in [0.05, 0.1) is 0 Å². The van der Waals surface area contributed by atoms with E-state index in [0.717, 1.165) is 10.8 Å². The minimum Gasteiger partial charge on any atom is -0.508 e. The average Bonchev–Trinajstić information content (AvgIpc) is 2.32. The van der Waals surface area contributed by atoms with Gasteiger partial charge >= 0.3 is 5.97 Å². The number of nitrogens with two attached hydrogens (primary N) is 1. The van der Waals surface area contributed by atoms with Crippen LogP contribution in [0.5, 0.6) is 5.75 Å². The first-order valence-corrected chi connectivity index (χ1v) is 5.75. The first-order valence-electron chi connectivity index (χ1n) is 5.37. The molecule has 5 heteroatoms. The first kappa shape index (κ1) is 12.7. The van der Waals surface area contributed by atoms with E-state index in [9.17, 15) is 9.90 Å². The smallest absolute Gasteiger partial charge is 0.320 e. The average molecular weight is 266 g/mol. The van der Waals surface area contributed by atoms with Gasteiger partial charge < -0.3 is 15.9 Å². The minimum absolute atomic E-state index is 0.0431. The number of carbonyl (C=O) groups is 1. The predicted molar refractivity (Wildman–Crippen MR) is 69.9 cm³/mol. The fourth-order valence-electron chi connectivity index (χ4n) is 1.88.